The van der Waals surface area contributed by atoms with Gasteiger partial charge in [0.2, 0.25) is 0 Å². The van der Waals surface area contributed by atoms with Crippen LogP contribution in [0.5, 0.6) is 11.5 Å². The van der Waals surface area contributed by atoms with E-state index in [1.165, 1.54) is 13.2 Å². The van der Waals surface area contributed by atoms with Gasteiger partial charge >= 0.3 is 12.1 Å². The molecule has 0 bridgehead atoms. The van der Waals surface area contributed by atoms with Crippen LogP contribution in [0.2, 0.25) is 0 Å². The number of benzene rings is 1. The fourth-order valence-electron chi connectivity index (χ4n) is 5.02. The molecule has 226 valence electrons. The maximum absolute atomic E-state index is 12.9. The zero-order valence-electron chi connectivity index (χ0n) is 26.1. The van der Waals surface area contributed by atoms with Crippen LogP contribution >= 0.6 is 0 Å². The van der Waals surface area contributed by atoms with Crippen LogP contribution in [0.1, 0.15) is 89.2 Å². The molecule has 0 aliphatic carbocycles. The summed E-state index contributed by atoms with van der Waals surface area (Å²) < 4.78 is 24.1. The molecular formula is C32H46N2O7. The lowest BCUT2D eigenvalue weighted by atomic mass is 9.78. The third-order valence-corrected chi connectivity index (χ3v) is 7.25. The molecular weight excluding hydrogens is 524 g/mol. The summed E-state index contributed by atoms with van der Waals surface area (Å²) in [5.41, 5.74) is 1.70. The average molecular weight is 571 g/mol. The number of nitrogens with zero attached hydrogens (tertiary/aromatic N) is 2. The Kier molecular flexibility index (Phi) is 10.2. The number of rotatable bonds is 10. The van der Waals surface area contributed by atoms with Crippen molar-refractivity contribution in [2.45, 2.75) is 85.3 Å². The Balaban J connectivity index is 1.69. The first-order chi connectivity index (χ1) is 19.2. The topological polar surface area (TPSA) is 96.3 Å². The molecule has 0 saturated carbocycles. The van der Waals surface area contributed by atoms with E-state index >= 15 is 0 Å². The highest BCUT2D eigenvalue weighted by atomic mass is 16.6. The summed E-state index contributed by atoms with van der Waals surface area (Å²) in [5, 5.41) is 0. The Hall–Kier alpha value is -3.49. The van der Waals surface area contributed by atoms with Crippen molar-refractivity contribution >= 4 is 12.1 Å². The van der Waals surface area contributed by atoms with Crippen LogP contribution < -0.4 is 14.9 Å². The molecule has 1 aromatic heterocycles. The predicted molar refractivity (Wildman–Crippen MR) is 159 cm³/mol. The quantitative estimate of drug-likeness (QED) is 0.246. The molecule has 3 rings (SSSR count). The number of hydrogen-bond donors (Lipinski definition) is 0. The summed E-state index contributed by atoms with van der Waals surface area (Å²) in [5.74, 6) is 0.624. The lowest BCUT2D eigenvalue weighted by Gasteiger charge is -2.39. The molecule has 0 spiro atoms. The summed E-state index contributed by atoms with van der Waals surface area (Å²) in [4.78, 5) is 38.8. The average Bonchev–Trinajstić information content (AvgIpc) is 2.89. The standard InChI is InChI=1S/C32H46N2O7/c1-31(2,3)28-17-21-16-27(40-15-13-11-10-12-14-33(7)30(37)41-32(4,5)6)26(38-8)18-22(21)24-19-25(35)23(20-34(24)28)29(36)39-9/h16,18-20,28H,10-15,17H2,1-9H3. The normalized spacial score (nSPS) is 14.5. The molecule has 0 saturated heterocycles. The van der Waals surface area contributed by atoms with Gasteiger partial charge in [-0.25, -0.2) is 9.59 Å². The van der Waals surface area contributed by atoms with Gasteiger partial charge in [0.1, 0.15) is 11.2 Å². The van der Waals surface area contributed by atoms with E-state index < -0.39 is 11.6 Å². The Bertz CT molecular complexity index is 1300. The van der Waals surface area contributed by atoms with Crippen LogP contribution in [0.25, 0.3) is 11.3 Å². The largest absolute Gasteiger partial charge is 0.493 e. The number of carbonyl (C=O) groups is 2. The van der Waals surface area contributed by atoms with Crippen molar-refractivity contribution in [1.29, 1.82) is 0 Å². The fourth-order valence-corrected chi connectivity index (χ4v) is 5.02. The van der Waals surface area contributed by atoms with Crippen molar-refractivity contribution in [2.75, 3.05) is 34.4 Å². The van der Waals surface area contributed by atoms with Crippen LogP contribution in [0, 0.1) is 5.41 Å². The summed E-state index contributed by atoms with van der Waals surface area (Å²) in [6.07, 6.45) is 5.75. The van der Waals surface area contributed by atoms with Gasteiger partial charge in [-0.3, -0.25) is 4.79 Å². The Morgan fingerprint density at radius 2 is 1.66 bits per heavy atom. The van der Waals surface area contributed by atoms with Crippen molar-refractivity contribution in [3.05, 3.63) is 45.7 Å². The Morgan fingerprint density at radius 1 is 0.976 bits per heavy atom. The second-order valence-electron chi connectivity index (χ2n) is 12.7. The molecule has 1 amide bonds. The fraction of sp³-hybridized carbons (Fsp3) is 0.594. The highest BCUT2D eigenvalue weighted by Crippen LogP contribution is 2.45. The van der Waals surface area contributed by atoms with Crippen LogP contribution in [0.15, 0.2) is 29.2 Å². The van der Waals surface area contributed by atoms with Gasteiger partial charge in [-0.2, -0.15) is 0 Å². The van der Waals surface area contributed by atoms with Gasteiger partial charge in [0.15, 0.2) is 16.9 Å². The number of fused-ring (bicyclic) bond motifs is 3. The highest BCUT2D eigenvalue weighted by molar-refractivity contribution is 5.89. The molecule has 0 radical (unpaired) electrons. The first-order valence-corrected chi connectivity index (χ1v) is 14.3. The number of unbranched alkanes of at least 4 members (excludes halogenated alkanes) is 3. The molecule has 9 nitrogen and oxygen atoms in total. The van der Waals surface area contributed by atoms with Gasteiger partial charge in [0.05, 0.1) is 26.5 Å². The van der Waals surface area contributed by atoms with E-state index in [0.717, 1.165) is 42.5 Å². The first kappa shape index (κ1) is 32.0. The van der Waals surface area contributed by atoms with E-state index in [0.29, 0.717) is 31.1 Å². The van der Waals surface area contributed by atoms with Gasteiger partial charge < -0.3 is 28.4 Å². The number of ether oxygens (including phenoxy) is 4. The second-order valence-corrected chi connectivity index (χ2v) is 12.7. The highest BCUT2D eigenvalue weighted by Gasteiger charge is 2.34. The van der Waals surface area contributed by atoms with E-state index in [2.05, 4.69) is 20.8 Å². The van der Waals surface area contributed by atoms with Crippen LogP contribution in [0.3, 0.4) is 0 Å². The maximum Gasteiger partial charge on any atom is 0.410 e. The van der Waals surface area contributed by atoms with Gasteiger partial charge in [0.25, 0.3) is 0 Å². The number of methoxy groups -OCH3 is 2. The molecule has 2 aromatic rings. The minimum absolute atomic E-state index is 0.00839. The lowest BCUT2D eigenvalue weighted by molar-refractivity contribution is 0.0295. The van der Waals surface area contributed by atoms with E-state index in [4.69, 9.17) is 18.9 Å². The summed E-state index contributed by atoms with van der Waals surface area (Å²) in [7, 11) is 4.64. The molecule has 1 atom stereocenters. The molecule has 2 heterocycles. The van der Waals surface area contributed by atoms with Crippen molar-refractivity contribution in [3.63, 3.8) is 0 Å². The van der Waals surface area contributed by atoms with Gasteiger partial charge in [-0.1, -0.05) is 33.6 Å². The molecule has 1 unspecified atom stereocenters. The van der Waals surface area contributed by atoms with Crippen molar-refractivity contribution in [1.82, 2.24) is 9.47 Å². The number of hydrogen-bond acceptors (Lipinski definition) is 7. The molecule has 1 aliphatic heterocycles. The Labute approximate surface area is 243 Å². The number of carbonyl (C=O) groups excluding carboxylic acids is 2. The molecule has 1 aliphatic rings. The van der Waals surface area contributed by atoms with E-state index in [-0.39, 0.29) is 28.5 Å². The van der Waals surface area contributed by atoms with Gasteiger partial charge in [-0.15, -0.1) is 0 Å². The Morgan fingerprint density at radius 3 is 2.27 bits per heavy atom. The van der Waals surface area contributed by atoms with Crippen molar-refractivity contribution in [3.8, 4) is 22.8 Å². The SMILES string of the molecule is COC(=O)c1cn2c(cc1=O)-c1cc(OC)c(OCCCCCCN(C)C(=O)OC(C)(C)C)cc1CC2C(C)(C)C. The maximum atomic E-state index is 12.9. The number of aromatic nitrogens is 1. The van der Waals surface area contributed by atoms with Crippen molar-refractivity contribution < 1.29 is 28.5 Å². The van der Waals surface area contributed by atoms with Crippen molar-refractivity contribution in [2.24, 2.45) is 5.41 Å². The molecule has 0 N–H and O–H groups in total. The van der Waals surface area contributed by atoms with Gasteiger partial charge in [0, 0.05) is 37.5 Å². The van der Waals surface area contributed by atoms with Gasteiger partial charge in [-0.05, 0) is 63.1 Å². The van der Waals surface area contributed by atoms with Crippen LogP contribution in [-0.4, -0.2) is 61.5 Å². The lowest BCUT2D eigenvalue weighted by Crippen LogP contribution is -2.34. The smallest absolute Gasteiger partial charge is 0.410 e. The van der Waals surface area contributed by atoms with E-state index in [1.54, 1.807) is 25.3 Å². The molecule has 41 heavy (non-hydrogen) atoms. The summed E-state index contributed by atoms with van der Waals surface area (Å²) in [6, 6.07) is 5.46. The summed E-state index contributed by atoms with van der Waals surface area (Å²) >= 11 is 0. The minimum atomic E-state index is -0.639. The molecule has 0 fully saturated rings. The first-order valence-electron chi connectivity index (χ1n) is 14.3. The monoisotopic (exact) mass is 570 g/mol. The zero-order chi connectivity index (χ0) is 30.5. The van der Waals surface area contributed by atoms with E-state index in [1.807, 2.05) is 37.5 Å². The predicted octanol–water partition coefficient (Wildman–Crippen LogP) is 6.26. The minimum Gasteiger partial charge on any atom is -0.493 e. The number of amides is 1. The second kappa shape index (κ2) is 13.0. The number of esters is 1. The third-order valence-electron chi connectivity index (χ3n) is 7.25. The summed E-state index contributed by atoms with van der Waals surface area (Å²) in [6.45, 7) is 13.2. The zero-order valence-corrected chi connectivity index (χ0v) is 26.1. The van der Waals surface area contributed by atoms with Crippen LogP contribution in [0.4, 0.5) is 4.79 Å². The third kappa shape index (κ3) is 8.05. The van der Waals surface area contributed by atoms with E-state index in [9.17, 15) is 14.4 Å². The molecule has 1 aromatic carbocycles. The number of pyridine rings is 1. The van der Waals surface area contributed by atoms with Crippen LogP contribution in [-0.2, 0) is 15.9 Å². The molecule has 9 heteroatoms.